The second-order valence-electron chi connectivity index (χ2n) is 4.53. The molecule has 1 aliphatic rings. The van der Waals surface area contributed by atoms with Crippen molar-refractivity contribution in [3.8, 4) is 11.5 Å². The summed E-state index contributed by atoms with van der Waals surface area (Å²) < 4.78 is 0. The van der Waals surface area contributed by atoms with E-state index in [2.05, 4.69) is 0 Å². The molecule has 1 fully saturated rings. The second kappa shape index (κ2) is 3.92. The summed E-state index contributed by atoms with van der Waals surface area (Å²) in [7, 11) is 0. The first-order valence-electron chi connectivity index (χ1n) is 5.50. The minimum Gasteiger partial charge on any atom is -0.508 e. The molecule has 92 valence electrons. The van der Waals surface area contributed by atoms with Gasteiger partial charge < -0.3 is 21.1 Å². The summed E-state index contributed by atoms with van der Waals surface area (Å²) in [6.07, 6.45) is 2.68. The third kappa shape index (κ3) is 1.72. The van der Waals surface area contributed by atoms with E-state index in [-0.39, 0.29) is 16.7 Å². The molecule has 0 heterocycles. The molecule has 1 aliphatic carbocycles. The number of aromatic carboxylic acids is 1. The van der Waals surface area contributed by atoms with Gasteiger partial charge in [-0.25, -0.2) is 4.79 Å². The molecule has 5 N–H and O–H groups in total. The third-order valence-corrected chi connectivity index (χ3v) is 3.62. The van der Waals surface area contributed by atoms with Crippen molar-refractivity contribution in [3.63, 3.8) is 0 Å². The Hall–Kier alpha value is -1.75. The van der Waals surface area contributed by atoms with Gasteiger partial charge in [0.15, 0.2) is 0 Å². The van der Waals surface area contributed by atoms with Crippen LogP contribution < -0.4 is 5.73 Å². The quantitative estimate of drug-likeness (QED) is 0.632. The van der Waals surface area contributed by atoms with Crippen LogP contribution >= 0.6 is 0 Å². The van der Waals surface area contributed by atoms with Crippen LogP contribution in [0.5, 0.6) is 11.5 Å². The van der Waals surface area contributed by atoms with E-state index in [1.165, 1.54) is 6.07 Å². The van der Waals surface area contributed by atoms with Gasteiger partial charge >= 0.3 is 5.97 Å². The molecule has 5 nitrogen and oxygen atoms in total. The molecule has 0 saturated heterocycles. The molecule has 0 spiro atoms. The lowest BCUT2D eigenvalue weighted by atomic mass is 9.64. The predicted molar refractivity (Wildman–Crippen MR) is 61.3 cm³/mol. The van der Waals surface area contributed by atoms with Gasteiger partial charge in [-0.1, -0.05) is 6.42 Å². The highest BCUT2D eigenvalue weighted by molar-refractivity contribution is 5.91. The molecule has 1 aromatic rings. The minimum absolute atomic E-state index is 0.0855. The number of carboxylic acid groups (broad SMARTS) is 1. The maximum Gasteiger partial charge on any atom is 0.339 e. The number of carbonyl (C=O) groups is 1. The minimum atomic E-state index is -1.21. The Balaban J connectivity index is 2.54. The fourth-order valence-corrected chi connectivity index (χ4v) is 2.36. The van der Waals surface area contributed by atoms with Crippen LogP contribution in [0.2, 0.25) is 0 Å². The molecule has 17 heavy (non-hydrogen) atoms. The smallest absolute Gasteiger partial charge is 0.339 e. The zero-order valence-corrected chi connectivity index (χ0v) is 9.31. The Morgan fingerprint density at radius 2 is 1.94 bits per heavy atom. The molecule has 0 atom stereocenters. The zero-order valence-electron chi connectivity index (χ0n) is 9.31. The van der Waals surface area contributed by atoms with Crippen molar-refractivity contribution >= 4 is 5.97 Å². The first kappa shape index (κ1) is 11.7. The molecular weight excluding hydrogens is 222 g/mol. The highest BCUT2D eigenvalue weighted by atomic mass is 16.4. The van der Waals surface area contributed by atoms with E-state index in [0.717, 1.165) is 25.3 Å². The molecular formula is C12H15NO4. The van der Waals surface area contributed by atoms with Crippen LogP contribution in [-0.4, -0.2) is 27.8 Å². The lowest BCUT2D eigenvalue weighted by Crippen LogP contribution is -2.41. The Labute approximate surface area is 98.5 Å². The van der Waals surface area contributed by atoms with Crippen LogP contribution in [0.4, 0.5) is 0 Å². The molecule has 0 aromatic heterocycles. The molecule has 0 bridgehead atoms. The number of phenols is 2. The summed E-state index contributed by atoms with van der Waals surface area (Å²) >= 11 is 0. The zero-order chi connectivity index (χ0) is 12.6. The molecule has 1 aromatic carbocycles. The SMILES string of the molecule is NCC1(c2cc(C(=O)O)c(O)cc2O)CCC1. The molecule has 2 rings (SSSR count). The topological polar surface area (TPSA) is 104 Å². The molecule has 0 unspecified atom stereocenters. The molecule has 5 heteroatoms. The summed E-state index contributed by atoms with van der Waals surface area (Å²) in [5, 5.41) is 28.2. The predicted octanol–water partition coefficient (Wildman–Crippen LogP) is 1.18. The Morgan fingerprint density at radius 3 is 2.35 bits per heavy atom. The normalized spacial score (nSPS) is 17.5. The molecule has 0 radical (unpaired) electrons. The number of benzene rings is 1. The molecule has 0 amide bonds. The number of aromatic hydroxyl groups is 2. The van der Waals surface area contributed by atoms with E-state index >= 15 is 0 Å². The van der Waals surface area contributed by atoms with Crippen molar-refractivity contribution in [2.75, 3.05) is 6.54 Å². The van der Waals surface area contributed by atoms with E-state index in [0.29, 0.717) is 12.1 Å². The van der Waals surface area contributed by atoms with E-state index < -0.39 is 11.7 Å². The van der Waals surface area contributed by atoms with Crippen molar-refractivity contribution in [2.24, 2.45) is 5.73 Å². The van der Waals surface area contributed by atoms with Crippen LogP contribution in [0.3, 0.4) is 0 Å². The van der Waals surface area contributed by atoms with Crippen LogP contribution in [0.1, 0.15) is 35.2 Å². The lowest BCUT2D eigenvalue weighted by Gasteiger charge is -2.41. The summed E-state index contributed by atoms with van der Waals surface area (Å²) in [6.45, 7) is 0.365. The van der Waals surface area contributed by atoms with Gasteiger partial charge in [0.25, 0.3) is 0 Å². The fraction of sp³-hybridized carbons (Fsp3) is 0.417. The number of hydrogen-bond acceptors (Lipinski definition) is 4. The average Bonchev–Trinajstić information content (AvgIpc) is 2.19. The van der Waals surface area contributed by atoms with Gasteiger partial charge in [0.05, 0.1) is 0 Å². The summed E-state index contributed by atoms with van der Waals surface area (Å²) in [6, 6.07) is 2.41. The Kier molecular flexibility index (Phi) is 2.71. The van der Waals surface area contributed by atoms with Gasteiger partial charge in [-0.05, 0) is 18.9 Å². The van der Waals surface area contributed by atoms with Crippen LogP contribution in [0.25, 0.3) is 0 Å². The Morgan fingerprint density at radius 1 is 1.29 bits per heavy atom. The number of carboxylic acids is 1. The van der Waals surface area contributed by atoms with Crippen molar-refractivity contribution in [1.29, 1.82) is 0 Å². The van der Waals surface area contributed by atoms with Crippen LogP contribution in [0.15, 0.2) is 12.1 Å². The summed E-state index contributed by atoms with van der Waals surface area (Å²) in [5.74, 6) is -1.72. The lowest BCUT2D eigenvalue weighted by molar-refractivity contribution is 0.0693. The van der Waals surface area contributed by atoms with Gasteiger partial charge in [0, 0.05) is 23.6 Å². The first-order valence-corrected chi connectivity index (χ1v) is 5.50. The van der Waals surface area contributed by atoms with Gasteiger partial charge in [-0.3, -0.25) is 0 Å². The third-order valence-electron chi connectivity index (χ3n) is 3.62. The number of nitrogens with two attached hydrogens (primary N) is 1. The van der Waals surface area contributed by atoms with E-state index in [4.69, 9.17) is 10.8 Å². The maximum atomic E-state index is 10.9. The van der Waals surface area contributed by atoms with Crippen LogP contribution in [-0.2, 0) is 5.41 Å². The molecule has 1 saturated carbocycles. The maximum absolute atomic E-state index is 10.9. The van der Waals surface area contributed by atoms with Crippen molar-refractivity contribution in [1.82, 2.24) is 0 Å². The molecule has 0 aliphatic heterocycles. The van der Waals surface area contributed by atoms with E-state index in [1.807, 2.05) is 0 Å². The number of phenolic OH excluding ortho intramolecular Hbond substituents is 1. The average molecular weight is 237 g/mol. The van der Waals surface area contributed by atoms with Crippen molar-refractivity contribution in [3.05, 3.63) is 23.3 Å². The second-order valence-corrected chi connectivity index (χ2v) is 4.53. The van der Waals surface area contributed by atoms with Gasteiger partial charge in [0.2, 0.25) is 0 Å². The highest BCUT2D eigenvalue weighted by Crippen LogP contribution is 2.47. The standard InChI is InChI=1S/C12H15NO4/c13-6-12(2-1-3-12)8-4-7(11(16)17)9(14)5-10(8)15/h4-5,14-15H,1-3,6,13H2,(H,16,17). The highest BCUT2D eigenvalue weighted by Gasteiger charge is 2.40. The first-order chi connectivity index (χ1) is 8.00. The summed E-state index contributed by atoms with van der Waals surface area (Å²) in [5.41, 5.74) is 5.71. The van der Waals surface area contributed by atoms with Crippen molar-refractivity contribution < 1.29 is 20.1 Å². The van der Waals surface area contributed by atoms with Gasteiger partial charge in [-0.15, -0.1) is 0 Å². The van der Waals surface area contributed by atoms with E-state index in [9.17, 15) is 15.0 Å². The van der Waals surface area contributed by atoms with Crippen LogP contribution in [0, 0.1) is 0 Å². The summed E-state index contributed by atoms with van der Waals surface area (Å²) in [4.78, 5) is 10.9. The monoisotopic (exact) mass is 237 g/mol. The largest absolute Gasteiger partial charge is 0.508 e. The van der Waals surface area contributed by atoms with Crippen molar-refractivity contribution in [2.45, 2.75) is 24.7 Å². The fourth-order valence-electron chi connectivity index (χ4n) is 2.36. The van der Waals surface area contributed by atoms with Gasteiger partial charge in [0.1, 0.15) is 17.1 Å². The van der Waals surface area contributed by atoms with E-state index in [1.54, 1.807) is 0 Å². The number of hydrogen-bond donors (Lipinski definition) is 4. The van der Waals surface area contributed by atoms with Gasteiger partial charge in [-0.2, -0.15) is 0 Å². The number of rotatable bonds is 3. The Bertz CT molecular complexity index is 460.